The molecule has 2 aliphatic rings. The average Bonchev–Trinajstić information content (AvgIpc) is 3.05. The summed E-state index contributed by atoms with van der Waals surface area (Å²) in [5, 5.41) is 0. The molecule has 0 saturated carbocycles. The van der Waals surface area contributed by atoms with E-state index in [0.717, 1.165) is 21.2 Å². The van der Waals surface area contributed by atoms with Crippen molar-refractivity contribution in [3.05, 3.63) is 48.5 Å². The Hall–Kier alpha value is -1.92. The fourth-order valence-corrected chi connectivity index (χ4v) is 3.52. The zero-order valence-electron chi connectivity index (χ0n) is 10.3. The highest BCUT2D eigenvalue weighted by atomic mass is 32.2. The number of aliphatic imine (C=N–C) groups is 2. The Morgan fingerprint density at radius 2 is 1.05 bits per heavy atom. The number of rotatable bonds is 0. The Labute approximate surface area is 121 Å². The Morgan fingerprint density at radius 3 is 1.45 bits per heavy atom. The van der Waals surface area contributed by atoms with Crippen LogP contribution in [-0.4, -0.2) is 19.5 Å². The topological polar surface area (TPSA) is 58.9 Å². The summed E-state index contributed by atoms with van der Waals surface area (Å²) in [4.78, 5) is 9.55. The molecule has 4 nitrogen and oxygen atoms in total. The van der Waals surface area contributed by atoms with Crippen LogP contribution >= 0.6 is 0 Å². The molecule has 6 heteroatoms. The summed E-state index contributed by atoms with van der Waals surface area (Å²) >= 11 is 0. The van der Waals surface area contributed by atoms with Gasteiger partial charge >= 0.3 is 0 Å². The van der Waals surface area contributed by atoms with Crippen LogP contribution in [0.3, 0.4) is 0 Å². The smallest absolute Gasteiger partial charge is 0.0984 e. The van der Waals surface area contributed by atoms with Crippen molar-refractivity contribution >= 4 is 44.1 Å². The molecule has 2 aromatic carbocycles. The van der Waals surface area contributed by atoms with Crippen LogP contribution in [0.4, 0.5) is 11.4 Å². The maximum Gasteiger partial charge on any atom is 0.0984 e. The first-order valence-corrected chi connectivity index (χ1v) is 8.26. The molecule has 0 bridgehead atoms. The van der Waals surface area contributed by atoms with E-state index < -0.39 is 21.6 Å². The van der Waals surface area contributed by atoms with E-state index in [9.17, 15) is 8.42 Å². The molecule has 0 spiro atoms. The second-order valence-electron chi connectivity index (χ2n) is 4.00. The summed E-state index contributed by atoms with van der Waals surface area (Å²) < 4.78 is 22.1. The van der Waals surface area contributed by atoms with Crippen LogP contribution < -0.4 is 0 Å². The molecule has 2 atom stereocenters. The lowest BCUT2D eigenvalue weighted by atomic mass is 10.3. The number of hydrogen-bond acceptors (Lipinski definition) is 4. The third-order valence-corrected chi connectivity index (χ3v) is 4.89. The molecular weight excluding hydrogens is 292 g/mol. The molecule has 0 fully saturated rings. The third kappa shape index (κ3) is 2.52. The summed E-state index contributed by atoms with van der Waals surface area (Å²) in [6.07, 6.45) is 0. The highest BCUT2D eigenvalue weighted by Crippen LogP contribution is 2.26. The minimum absolute atomic E-state index is 0.822. The normalized spacial score (nSPS) is 21.0. The average molecular weight is 302 g/mol. The first kappa shape index (κ1) is 13.1. The van der Waals surface area contributed by atoms with E-state index in [1.165, 1.54) is 11.1 Å². The first-order chi connectivity index (χ1) is 9.75. The van der Waals surface area contributed by atoms with Crippen LogP contribution in [0.1, 0.15) is 0 Å². The zero-order valence-corrected chi connectivity index (χ0v) is 11.9. The Kier molecular flexibility index (Phi) is 3.66. The summed E-state index contributed by atoms with van der Waals surface area (Å²) in [6.45, 7) is 0. The highest BCUT2D eigenvalue weighted by molar-refractivity contribution is 7.99. The molecule has 100 valence electrons. The van der Waals surface area contributed by atoms with Crippen LogP contribution in [0.2, 0.25) is 0 Å². The first-order valence-electron chi connectivity index (χ1n) is 5.83. The van der Waals surface area contributed by atoms with E-state index in [1.54, 1.807) is 0 Å². The Morgan fingerprint density at radius 1 is 0.650 bits per heavy atom. The largest absolute Gasteiger partial charge is 0.248 e. The molecule has 2 heterocycles. The van der Waals surface area contributed by atoms with Gasteiger partial charge in [0.2, 0.25) is 0 Å². The molecule has 0 aliphatic carbocycles. The summed E-state index contributed by atoms with van der Waals surface area (Å²) in [5.41, 5.74) is 4.59. The van der Waals surface area contributed by atoms with E-state index in [1.807, 2.05) is 48.5 Å². The maximum atomic E-state index is 11.0. The van der Waals surface area contributed by atoms with E-state index in [0.29, 0.717) is 0 Å². The van der Waals surface area contributed by atoms with Gasteiger partial charge in [0.1, 0.15) is 0 Å². The maximum absolute atomic E-state index is 11.0. The van der Waals surface area contributed by atoms with Crippen LogP contribution in [0.25, 0.3) is 0 Å². The molecule has 4 rings (SSSR count). The molecule has 2 aliphatic heterocycles. The van der Waals surface area contributed by atoms with Crippen molar-refractivity contribution in [3.8, 4) is 0 Å². The van der Waals surface area contributed by atoms with Crippen molar-refractivity contribution in [2.45, 2.75) is 9.79 Å². The van der Waals surface area contributed by atoms with Crippen LogP contribution in [0, 0.1) is 0 Å². The quantitative estimate of drug-likeness (QED) is 0.751. The monoisotopic (exact) mass is 302 g/mol. The molecule has 2 aromatic rings. The molecule has 0 aromatic heterocycles. The fraction of sp³-hybridized carbons (Fsp3) is 0. The van der Waals surface area contributed by atoms with E-state index >= 15 is 0 Å². The number of para-hydroxylation sites is 2. The van der Waals surface area contributed by atoms with Gasteiger partial charge in [0, 0.05) is 0 Å². The van der Waals surface area contributed by atoms with Gasteiger partial charge < -0.3 is 0 Å². The lowest BCUT2D eigenvalue weighted by molar-refractivity contribution is 0.690. The zero-order chi connectivity index (χ0) is 13.9. The third-order valence-electron chi connectivity index (χ3n) is 2.74. The van der Waals surface area contributed by atoms with Gasteiger partial charge in [-0.1, -0.05) is 24.3 Å². The molecule has 0 N–H and O–H groups in total. The minimum atomic E-state index is -0.989. The van der Waals surface area contributed by atoms with Crippen LogP contribution in [-0.2, 0) is 21.6 Å². The van der Waals surface area contributed by atoms with Crippen molar-refractivity contribution < 1.29 is 8.42 Å². The molecule has 0 saturated heterocycles. The van der Waals surface area contributed by atoms with Gasteiger partial charge in [0.05, 0.1) is 53.9 Å². The number of hydrogen-bond donors (Lipinski definition) is 0. The predicted octanol–water partition coefficient (Wildman–Crippen LogP) is 2.94. The summed E-state index contributed by atoms with van der Waals surface area (Å²) in [7, 11) is -1.98. The van der Waals surface area contributed by atoms with Gasteiger partial charge in [-0.2, -0.15) is 0 Å². The molecule has 0 radical (unpaired) electrons. The second kappa shape index (κ2) is 5.60. The summed E-state index contributed by atoms with van der Waals surface area (Å²) in [6, 6.07) is 14.9. The van der Waals surface area contributed by atoms with Gasteiger partial charge in [-0.15, -0.1) is 0 Å². The van der Waals surface area contributed by atoms with E-state index in [2.05, 4.69) is 9.98 Å². The Balaban J connectivity index is 0.000000121. The second-order valence-corrected chi connectivity index (χ2v) is 6.49. The highest BCUT2D eigenvalue weighted by Gasteiger charge is 2.11. The predicted molar refractivity (Wildman–Crippen MR) is 82.0 cm³/mol. The van der Waals surface area contributed by atoms with Gasteiger partial charge in [-0.25, -0.2) is 18.4 Å². The lowest BCUT2D eigenvalue weighted by Crippen LogP contribution is -1.83. The van der Waals surface area contributed by atoms with Gasteiger partial charge in [0.15, 0.2) is 0 Å². The van der Waals surface area contributed by atoms with Crippen LogP contribution in [0.15, 0.2) is 68.3 Å². The van der Waals surface area contributed by atoms with Crippen molar-refractivity contribution in [1.29, 1.82) is 0 Å². The Bertz CT molecular complexity index is 704. The molecule has 0 amide bonds. The van der Waals surface area contributed by atoms with Crippen molar-refractivity contribution in [2.24, 2.45) is 9.98 Å². The fourth-order valence-electron chi connectivity index (χ4n) is 1.79. The van der Waals surface area contributed by atoms with Gasteiger partial charge in [0.25, 0.3) is 0 Å². The minimum Gasteiger partial charge on any atom is -0.248 e. The number of benzene rings is 2. The van der Waals surface area contributed by atoms with Gasteiger partial charge in [-0.05, 0) is 24.3 Å². The standard InChI is InChI=1S/2C7H5NOS/c2*9-10-5-8-6-3-1-2-4-7(6)10/h2*1-5H. The summed E-state index contributed by atoms with van der Waals surface area (Å²) in [5.74, 6) is 0. The molecular formula is C14H10N2O2S2. The lowest BCUT2D eigenvalue weighted by Gasteiger charge is -1.90. The molecule has 20 heavy (non-hydrogen) atoms. The molecule has 2 unspecified atom stereocenters. The van der Waals surface area contributed by atoms with Crippen molar-refractivity contribution in [1.82, 2.24) is 0 Å². The number of nitrogens with zero attached hydrogens (tertiary/aromatic N) is 2. The van der Waals surface area contributed by atoms with Crippen molar-refractivity contribution in [2.75, 3.05) is 0 Å². The van der Waals surface area contributed by atoms with E-state index in [-0.39, 0.29) is 0 Å². The van der Waals surface area contributed by atoms with Crippen molar-refractivity contribution in [3.63, 3.8) is 0 Å². The van der Waals surface area contributed by atoms with Crippen LogP contribution in [0.5, 0.6) is 0 Å². The van der Waals surface area contributed by atoms with E-state index in [4.69, 9.17) is 0 Å². The SMILES string of the molecule is O=S1C=Nc2ccccc21.O=S1C=Nc2ccccc21. The van der Waals surface area contributed by atoms with Gasteiger partial charge in [-0.3, -0.25) is 0 Å². The number of fused-ring (bicyclic) bond motifs is 2.